The number of hydrogen-bond acceptors (Lipinski definition) is 9. The van der Waals surface area contributed by atoms with E-state index in [1.165, 1.54) is 26.0 Å². The summed E-state index contributed by atoms with van der Waals surface area (Å²) in [6.45, 7) is 2.90. The number of H-pyrrole nitrogens is 1. The molecule has 1 amide bonds. The zero-order chi connectivity index (χ0) is 28.2. The molecule has 208 valence electrons. The number of aliphatic hydroxyl groups excluding tert-OH is 1. The molecule has 0 spiro atoms. The molecular formula is C22H28FN4O10P. The summed E-state index contributed by atoms with van der Waals surface area (Å²) < 4.78 is 40.1. The van der Waals surface area contributed by atoms with Gasteiger partial charge in [0, 0.05) is 12.3 Å². The minimum atomic E-state index is -3.44. The van der Waals surface area contributed by atoms with Crippen LogP contribution in [0, 0.1) is 0 Å². The van der Waals surface area contributed by atoms with Gasteiger partial charge in [-0.3, -0.25) is 28.5 Å². The number of ether oxygens (including phenoxy) is 1. The van der Waals surface area contributed by atoms with Crippen molar-refractivity contribution in [3.05, 3.63) is 63.4 Å². The van der Waals surface area contributed by atoms with Crippen LogP contribution in [0.1, 0.15) is 27.0 Å². The molecule has 1 fully saturated rings. The molecule has 38 heavy (non-hydrogen) atoms. The predicted octanol–water partition coefficient (Wildman–Crippen LogP) is 0.203. The minimum Gasteiger partial charge on any atom is -0.480 e. The molecule has 16 heteroatoms. The number of aromatic amines is 1. The van der Waals surface area contributed by atoms with Gasteiger partial charge in [-0.05, 0) is 32.9 Å². The number of nitrogens with zero attached hydrogens (tertiary/aromatic N) is 2. The van der Waals surface area contributed by atoms with Crippen LogP contribution in [0.4, 0.5) is 4.39 Å². The Labute approximate surface area is 215 Å². The van der Waals surface area contributed by atoms with E-state index >= 15 is 4.39 Å². The van der Waals surface area contributed by atoms with E-state index in [4.69, 9.17) is 19.2 Å². The number of aliphatic carboxylic acids is 1. The standard InChI is InChI=1S/C22H28FN4O10P/c1-12(19(31)32)24-18(30)13(2)27(37-14-7-5-4-6-8-14)38(34)35-11-15-17(29)22(3,23)20(36-15)26-10-9-16(28)25-21(26)33/h4-10,12-13,15,17,20,29,38H,11H2,1-3H3,(H,24,30)(H,31,32)(H,25,28,33)/t12?,13?,15-,17-,20-,22-/m1/s1. The lowest BCUT2D eigenvalue weighted by Crippen LogP contribution is -2.48. The zero-order valence-electron chi connectivity index (χ0n) is 20.6. The fourth-order valence-electron chi connectivity index (χ4n) is 3.55. The molecule has 0 saturated carbocycles. The number of alkyl halides is 1. The highest BCUT2D eigenvalue weighted by Crippen LogP contribution is 2.42. The van der Waals surface area contributed by atoms with Crippen molar-refractivity contribution in [1.29, 1.82) is 0 Å². The lowest BCUT2D eigenvalue weighted by Gasteiger charge is -2.27. The van der Waals surface area contributed by atoms with Crippen molar-refractivity contribution in [3.63, 3.8) is 0 Å². The second kappa shape index (κ2) is 12.0. The van der Waals surface area contributed by atoms with Crippen molar-refractivity contribution in [2.45, 2.75) is 57.0 Å². The Hall–Kier alpha value is -3.36. The molecule has 1 aromatic carbocycles. The van der Waals surface area contributed by atoms with Gasteiger partial charge in [-0.15, -0.1) is 0 Å². The molecular weight excluding hydrogens is 530 g/mol. The lowest BCUT2D eigenvalue weighted by atomic mass is 9.98. The van der Waals surface area contributed by atoms with Gasteiger partial charge in [0.25, 0.3) is 13.7 Å². The molecule has 1 aliphatic rings. The quantitative estimate of drug-likeness (QED) is 0.218. The first-order valence-electron chi connectivity index (χ1n) is 11.4. The molecule has 1 aliphatic heterocycles. The molecule has 1 aromatic heterocycles. The number of nitrogens with one attached hydrogen (secondary N) is 2. The molecule has 2 heterocycles. The Kier molecular flexibility index (Phi) is 9.22. The van der Waals surface area contributed by atoms with Crippen molar-refractivity contribution in [3.8, 4) is 5.75 Å². The summed E-state index contributed by atoms with van der Waals surface area (Å²) in [4.78, 5) is 55.4. The first kappa shape index (κ1) is 29.2. The number of hydrogen-bond donors (Lipinski definition) is 4. The van der Waals surface area contributed by atoms with Gasteiger partial charge < -0.3 is 29.6 Å². The summed E-state index contributed by atoms with van der Waals surface area (Å²) in [5, 5.41) is 21.8. The van der Waals surface area contributed by atoms with Crippen LogP contribution in [0.5, 0.6) is 5.75 Å². The van der Waals surface area contributed by atoms with Crippen LogP contribution in [0.25, 0.3) is 0 Å². The number of hydroxylamine groups is 1. The molecule has 0 radical (unpaired) electrons. The van der Waals surface area contributed by atoms with Gasteiger partial charge in [0.05, 0.1) is 6.61 Å². The molecule has 7 atom stereocenters. The number of carbonyl (C=O) groups excluding carboxylic acids is 1. The Morgan fingerprint density at radius 2 is 1.95 bits per heavy atom. The fraction of sp³-hybridized carbons (Fsp3) is 0.455. The van der Waals surface area contributed by atoms with Crippen molar-refractivity contribution in [1.82, 2.24) is 19.7 Å². The highest BCUT2D eigenvalue weighted by atomic mass is 31.1. The third-order valence-electron chi connectivity index (χ3n) is 5.78. The SMILES string of the molecule is CC(NC(=O)C(C)N(Oc1ccccc1)[PH](=O)OC[C@H]1O[C@@H](n2ccc(=O)[nH]c2=O)[C@](C)(F)[C@@H]1O)C(=O)O. The Bertz CT molecular complexity index is 1290. The first-order chi connectivity index (χ1) is 17.8. The molecule has 3 rings (SSSR count). The number of amides is 1. The molecule has 4 N–H and O–H groups in total. The first-order valence-corrected chi connectivity index (χ1v) is 12.7. The van der Waals surface area contributed by atoms with Gasteiger partial charge in [-0.1, -0.05) is 23.0 Å². The molecule has 14 nitrogen and oxygen atoms in total. The highest BCUT2D eigenvalue weighted by Gasteiger charge is 2.55. The second-order valence-electron chi connectivity index (χ2n) is 8.69. The van der Waals surface area contributed by atoms with Crippen LogP contribution < -0.4 is 21.4 Å². The molecule has 0 aliphatic carbocycles. The maximum atomic E-state index is 15.4. The van der Waals surface area contributed by atoms with E-state index in [0.717, 1.165) is 28.6 Å². The van der Waals surface area contributed by atoms with Crippen LogP contribution in [-0.4, -0.2) is 73.0 Å². The number of rotatable bonds is 11. The van der Waals surface area contributed by atoms with E-state index in [0.29, 0.717) is 0 Å². The van der Waals surface area contributed by atoms with Gasteiger partial charge in [0.15, 0.2) is 11.9 Å². The van der Waals surface area contributed by atoms with Gasteiger partial charge in [0.1, 0.15) is 30.0 Å². The number of para-hydroxylation sites is 1. The summed E-state index contributed by atoms with van der Waals surface area (Å²) in [7, 11) is -3.44. The minimum absolute atomic E-state index is 0.186. The second-order valence-corrected chi connectivity index (χ2v) is 9.95. The number of benzene rings is 1. The van der Waals surface area contributed by atoms with Gasteiger partial charge in [0.2, 0.25) is 5.91 Å². The maximum absolute atomic E-state index is 15.4. The van der Waals surface area contributed by atoms with E-state index in [2.05, 4.69) is 5.32 Å². The Morgan fingerprint density at radius 1 is 1.29 bits per heavy atom. The monoisotopic (exact) mass is 558 g/mol. The van der Waals surface area contributed by atoms with Gasteiger partial charge in [-0.2, -0.15) is 0 Å². The average Bonchev–Trinajstić information content (AvgIpc) is 3.09. The third kappa shape index (κ3) is 6.55. The number of carbonyl (C=O) groups is 2. The average molecular weight is 558 g/mol. The van der Waals surface area contributed by atoms with Crippen molar-refractivity contribution < 1.29 is 42.9 Å². The van der Waals surface area contributed by atoms with E-state index in [-0.39, 0.29) is 5.75 Å². The van der Waals surface area contributed by atoms with Crippen LogP contribution in [0.2, 0.25) is 0 Å². The van der Waals surface area contributed by atoms with Crippen LogP contribution in [0.15, 0.2) is 52.2 Å². The molecule has 2 aromatic rings. The summed E-state index contributed by atoms with van der Waals surface area (Å²) in [5.74, 6) is -1.93. The maximum Gasteiger partial charge on any atom is 0.330 e. The predicted molar refractivity (Wildman–Crippen MR) is 129 cm³/mol. The molecule has 0 bridgehead atoms. The number of carboxylic acids is 1. The van der Waals surface area contributed by atoms with E-state index in [9.17, 15) is 28.8 Å². The van der Waals surface area contributed by atoms with Gasteiger partial charge in [-0.25, -0.2) is 9.18 Å². The summed E-state index contributed by atoms with van der Waals surface area (Å²) in [6, 6.07) is 6.37. The Morgan fingerprint density at radius 3 is 2.55 bits per heavy atom. The summed E-state index contributed by atoms with van der Waals surface area (Å²) >= 11 is 0. The number of carboxylic acid groups (broad SMARTS) is 1. The van der Waals surface area contributed by atoms with E-state index < -0.39 is 74.1 Å². The van der Waals surface area contributed by atoms with Gasteiger partial charge >= 0.3 is 11.7 Å². The smallest absolute Gasteiger partial charge is 0.330 e. The number of aromatic nitrogens is 2. The van der Waals surface area contributed by atoms with Crippen molar-refractivity contribution in [2.24, 2.45) is 0 Å². The van der Waals surface area contributed by atoms with Crippen molar-refractivity contribution in [2.75, 3.05) is 6.61 Å². The molecule has 1 saturated heterocycles. The van der Waals surface area contributed by atoms with Crippen molar-refractivity contribution >= 4 is 20.1 Å². The Balaban J connectivity index is 1.76. The zero-order valence-corrected chi connectivity index (χ0v) is 21.6. The lowest BCUT2D eigenvalue weighted by molar-refractivity contribution is -0.143. The third-order valence-corrected chi connectivity index (χ3v) is 7.03. The normalized spacial score (nSPS) is 25.5. The number of aliphatic hydroxyl groups is 1. The topological polar surface area (TPSA) is 189 Å². The summed E-state index contributed by atoms with van der Waals surface area (Å²) in [6.07, 6.45) is -3.87. The summed E-state index contributed by atoms with van der Waals surface area (Å²) in [5.41, 5.74) is -4.18. The fourth-order valence-corrected chi connectivity index (χ4v) is 4.60. The van der Waals surface area contributed by atoms with Crippen LogP contribution in [0.3, 0.4) is 0 Å². The number of halogens is 1. The largest absolute Gasteiger partial charge is 0.480 e. The van der Waals surface area contributed by atoms with E-state index in [1.807, 2.05) is 4.98 Å². The highest BCUT2D eigenvalue weighted by molar-refractivity contribution is 7.36. The van der Waals surface area contributed by atoms with Crippen LogP contribution >= 0.6 is 8.18 Å². The van der Waals surface area contributed by atoms with Crippen LogP contribution in [-0.2, 0) is 23.4 Å². The molecule has 3 unspecified atom stereocenters. The van der Waals surface area contributed by atoms with E-state index in [1.54, 1.807) is 18.2 Å².